The molecule has 0 N–H and O–H groups in total. The van der Waals surface area contributed by atoms with Crippen molar-refractivity contribution >= 4 is 17.7 Å². The molecule has 0 aromatic heterocycles. The summed E-state index contributed by atoms with van der Waals surface area (Å²) in [6.07, 6.45) is -2.84. The van der Waals surface area contributed by atoms with Crippen LogP contribution in [-0.4, -0.2) is 30.7 Å². The highest BCUT2D eigenvalue weighted by molar-refractivity contribution is 6.33. The van der Waals surface area contributed by atoms with E-state index in [9.17, 15) is 18.0 Å². The maximum atomic E-state index is 13.0. The molecule has 0 bridgehead atoms. The number of carbonyl (C=O) groups excluding carboxylic acids is 1. The van der Waals surface area contributed by atoms with Crippen molar-refractivity contribution < 1.29 is 22.7 Å². The standard InChI is InChI=1S/C23H23ClF3NO2/c1-3-30-22(29)28-7-6-14-9-18-13(2)8-15(10-19(18)20(14)12-28)17-5-4-16(11-21(17)24)23(25,26)27/h4-5,8,10-11,14,20H,3,6-7,9,12H2,1-2H3/t14-,20-/m1/s1. The minimum atomic E-state index is -4.43. The van der Waals surface area contributed by atoms with Crippen LogP contribution in [-0.2, 0) is 17.3 Å². The van der Waals surface area contributed by atoms with Gasteiger partial charge in [0.1, 0.15) is 0 Å². The van der Waals surface area contributed by atoms with Crippen molar-refractivity contribution in [1.29, 1.82) is 0 Å². The molecule has 2 atom stereocenters. The van der Waals surface area contributed by atoms with Gasteiger partial charge in [-0.3, -0.25) is 0 Å². The molecule has 30 heavy (non-hydrogen) atoms. The molecular weight excluding hydrogens is 415 g/mol. The third-order valence-electron chi connectivity index (χ3n) is 6.26. The molecule has 0 spiro atoms. The molecule has 2 aromatic carbocycles. The minimum Gasteiger partial charge on any atom is -0.450 e. The summed E-state index contributed by atoms with van der Waals surface area (Å²) >= 11 is 6.24. The van der Waals surface area contributed by atoms with Crippen LogP contribution in [0.3, 0.4) is 0 Å². The van der Waals surface area contributed by atoms with Crippen LogP contribution in [0.1, 0.15) is 41.5 Å². The van der Waals surface area contributed by atoms with Crippen molar-refractivity contribution in [2.45, 2.75) is 38.8 Å². The summed E-state index contributed by atoms with van der Waals surface area (Å²) in [4.78, 5) is 14.0. The number of ether oxygens (including phenoxy) is 1. The highest BCUT2D eigenvalue weighted by Gasteiger charge is 2.39. The second-order valence-corrected chi connectivity index (χ2v) is 8.46. The predicted molar refractivity (Wildman–Crippen MR) is 110 cm³/mol. The van der Waals surface area contributed by atoms with Gasteiger partial charge in [0, 0.05) is 29.6 Å². The van der Waals surface area contributed by atoms with E-state index in [1.165, 1.54) is 17.2 Å². The van der Waals surface area contributed by atoms with E-state index in [0.717, 1.165) is 36.1 Å². The van der Waals surface area contributed by atoms with E-state index in [1.54, 1.807) is 11.8 Å². The fourth-order valence-corrected chi connectivity index (χ4v) is 5.06. The SMILES string of the molecule is CCOC(=O)N1CC[C@@H]2Cc3c(C)cc(-c4ccc(C(F)(F)F)cc4Cl)cc3[C@@H]2C1. The van der Waals surface area contributed by atoms with E-state index < -0.39 is 11.7 Å². The number of carbonyl (C=O) groups is 1. The molecule has 7 heteroatoms. The van der Waals surface area contributed by atoms with Crippen molar-refractivity contribution in [3.8, 4) is 11.1 Å². The van der Waals surface area contributed by atoms with E-state index >= 15 is 0 Å². The summed E-state index contributed by atoms with van der Waals surface area (Å²) in [6.45, 7) is 5.44. The summed E-state index contributed by atoms with van der Waals surface area (Å²) in [5.74, 6) is 0.660. The molecule has 4 rings (SSSR count). The van der Waals surface area contributed by atoms with Crippen molar-refractivity contribution in [2.75, 3.05) is 19.7 Å². The Labute approximate surface area is 178 Å². The number of hydrogen-bond donors (Lipinski definition) is 0. The lowest BCUT2D eigenvalue weighted by molar-refractivity contribution is -0.137. The lowest BCUT2D eigenvalue weighted by Gasteiger charge is -2.34. The Kier molecular flexibility index (Phi) is 5.47. The lowest BCUT2D eigenvalue weighted by atomic mass is 9.85. The average Bonchev–Trinajstić information content (AvgIpc) is 3.06. The highest BCUT2D eigenvalue weighted by Crippen LogP contribution is 2.46. The van der Waals surface area contributed by atoms with E-state index in [-0.39, 0.29) is 17.0 Å². The van der Waals surface area contributed by atoms with Crippen LogP contribution >= 0.6 is 11.6 Å². The third-order valence-corrected chi connectivity index (χ3v) is 6.58. The second kappa shape index (κ2) is 7.80. The van der Waals surface area contributed by atoms with Gasteiger partial charge in [0.05, 0.1) is 12.2 Å². The van der Waals surface area contributed by atoms with E-state index in [0.29, 0.717) is 31.2 Å². The fourth-order valence-electron chi connectivity index (χ4n) is 4.78. The summed E-state index contributed by atoms with van der Waals surface area (Å²) in [7, 11) is 0. The van der Waals surface area contributed by atoms with Gasteiger partial charge in [-0.25, -0.2) is 4.79 Å². The van der Waals surface area contributed by atoms with E-state index in [2.05, 4.69) is 0 Å². The summed E-state index contributed by atoms with van der Waals surface area (Å²) in [5.41, 5.74) is 4.18. The zero-order valence-corrected chi connectivity index (χ0v) is 17.6. The molecule has 1 saturated heterocycles. The number of aryl methyl sites for hydroxylation is 1. The summed E-state index contributed by atoms with van der Waals surface area (Å²) < 4.78 is 44.1. The first-order valence-corrected chi connectivity index (χ1v) is 10.5. The summed E-state index contributed by atoms with van der Waals surface area (Å²) in [6, 6.07) is 7.51. The van der Waals surface area contributed by atoms with Crippen molar-refractivity contribution in [1.82, 2.24) is 4.90 Å². The number of fused-ring (bicyclic) bond motifs is 3. The van der Waals surface area contributed by atoms with Crippen molar-refractivity contribution in [3.05, 3.63) is 57.6 Å². The van der Waals surface area contributed by atoms with Crippen molar-refractivity contribution in [3.63, 3.8) is 0 Å². The zero-order chi connectivity index (χ0) is 21.6. The van der Waals surface area contributed by atoms with Gasteiger partial charge < -0.3 is 9.64 Å². The maximum absolute atomic E-state index is 13.0. The Morgan fingerprint density at radius 2 is 2.03 bits per heavy atom. The van der Waals surface area contributed by atoms with Crippen molar-refractivity contribution in [2.24, 2.45) is 5.92 Å². The number of likely N-dealkylation sites (tertiary alicyclic amines) is 1. The molecule has 0 saturated carbocycles. The number of hydrogen-bond acceptors (Lipinski definition) is 2. The first-order chi connectivity index (χ1) is 14.2. The molecule has 0 unspecified atom stereocenters. The Balaban J connectivity index is 1.68. The largest absolute Gasteiger partial charge is 0.450 e. The van der Waals surface area contributed by atoms with Crippen LogP contribution in [0.15, 0.2) is 30.3 Å². The monoisotopic (exact) mass is 437 g/mol. The number of rotatable bonds is 2. The topological polar surface area (TPSA) is 29.5 Å². The van der Waals surface area contributed by atoms with Gasteiger partial charge >= 0.3 is 12.3 Å². The van der Waals surface area contributed by atoms with Crippen LogP contribution in [0.2, 0.25) is 5.02 Å². The van der Waals surface area contributed by atoms with Crippen LogP contribution in [0, 0.1) is 12.8 Å². The molecule has 160 valence electrons. The van der Waals surface area contributed by atoms with Gasteiger partial charge in [-0.2, -0.15) is 13.2 Å². The van der Waals surface area contributed by atoms with E-state index in [4.69, 9.17) is 16.3 Å². The predicted octanol–water partition coefficient (Wildman–Crippen LogP) is 6.45. The molecule has 1 heterocycles. The molecular formula is C23H23ClF3NO2. The molecule has 1 aliphatic heterocycles. The Morgan fingerprint density at radius 1 is 1.27 bits per heavy atom. The number of nitrogens with zero attached hydrogens (tertiary/aromatic N) is 1. The summed E-state index contributed by atoms with van der Waals surface area (Å²) in [5, 5.41) is 0.0792. The molecule has 1 aliphatic carbocycles. The number of alkyl halides is 3. The number of benzene rings is 2. The Morgan fingerprint density at radius 3 is 2.70 bits per heavy atom. The Bertz CT molecular complexity index is 989. The van der Waals surface area contributed by atoms with E-state index in [1.807, 2.05) is 19.1 Å². The zero-order valence-electron chi connectivity index (χ0n) is 16.9. The van der Waals surface area contributed by atoms with Crippen LogP contribution < -0.4 is 0 Å². The molecule has 1 fully saturated rings. The molecule has 0 radical (unpaired) electrons. The molecule has 2 aliphatic rings. The number of amides is 1. The lowest BCUT2D eigenvalue weighted by Crippen LogP contribution is -2.42. The molecule has 1 amide bonds. The first kappa shape index (κ1) is 21.0. The maximum Gasteiger partial charge on any atom is 0.416 e. The number of halogens is 4. The van der Waals surface area contributed by atoms with Gasteiger partial charge in [0.2, 0.25) is 0 Å². The molecule has 3 nitrogen and oxygen atoms in total. The Hall–Kier alpha value is -2.21. The van der Waals surface area contributed by atoms with Crippen LogP contribution in [0.25, 0.3) is 11.1 Å². The van der Waals surface area contributed by atoms with Gasteiger partial charge in [-0.05, 0) is 67.0 Å². The van der Waals surface area contributed by atoms with Gasteiger partial charge in [0.15, 0.2) is 0 Å². The normalized spacial score (nSPS) is 20.7. The highest BCUT2D eigenvalue weighted by atomic mass is 35.5. The fraction of sp³-hybridized carbons (Fsp3) is 0.435. The third kappa shape index (κ3) is 3.78. The van der Waals surface area contributed by atoms with Gasteiger partial charge in [0.25, 0.3) is 0 Å². The minimum absolute atomic E-state index is 0.0792. The van der Waals surface area contributed by atoms with Crippen LogP contribution in [0.4, 0.5) is 18.0 Å². The second-order valence-electron chi connectivity index (χ2n) is 8.06. The number of piperidine rings is 1. The van der Waals surface area contributed by atoms with Gasteiger partial charge in [-0.1, -0.05) is 29.8 Å². The smallest absolute Gasteiger partial charge is 0.416 e. The average molecular weight is 438 g/mol. The molecule has 2 aromatic rings. The first-order valence-electron chi connectivity index (χ1n) is 10.1. The van der Waals surface area contributed by atoms with Gasteiger partial charge in [-0.15, -0.1) is 0 Å². The van der Waals surface area contributed by atoms with Crippen LogP contribution in [0.5, 0.6) is 0 Å². The quantitative estimate of drug-likeness (QED) is 0.540.